The number of hydrogen-bond donors (Lipinski definition) is 1. The van der Waals surface area contributed by atoms with E-state index >= 15 is 0 Å². The van der Waals surface area contributed by atoms with Crippen LogP contribution in [0.15, 0.2) is 77.4 Å². The van der Waals surface area contributed by atoms with Gasteiger partial charge >= 0.3 is 0 Å². The summed E-state index contributed by atoms with van der Waals surface area (Å²) < 4.78 is 6.84. The third kappa shape index (κ3) is 4.91. The third-order valence-electron chi connectivity index (χ3n) is 3.59. The Labute approximate surface area is 150 Å². The number of ether oxygens (including phenoxy) is 1. The second-order valence-corrected chi connectivity index (χ2v) is 6.32. The Hall–Kier alpha value is -2.17. The van der Waals surface area contributed by atoms with Crippen molar-refractivity contribution in [2.24, 2.45) is 0 Å². The average Bonchev–Trinajstić information content (AvgIpc) is 2.63. The van der Waals surface area contributed by atoms with Crippen LogP contribution in [0.3, 0.4) is 0 Å². The number of pyridine rings is 1. The summed E-state index contributed by atoms with van der Waals surface area (Å²) in [6.45, 7) is 2.11. The van der Waals surface area contributed by atoms with E-state index in [2.05, 4.69) is 50.5 Å². The first-order valence-corrected chi connectivity index (χ1v) is 8.66. The van der Waals surface area contributed by atoms with E-state index in [0.717, 1.165) is 34.6 Å². The van der Waals surface area contributed by atoms with Crippen LogP contribution in [0, 0.1) is 0 Å². The van der Waals surface area contributed by atoms with E-state index in [0.29, 0.717) is 6.61 Å². The van der Waals surface area contributed by atoms with Crippen molar-refractivity contribution in [3.8, 4) is 5.75 Å². The SMILES string of the molecule is Brc1cc(CNCc2ccccn2)ccc1OCc1ccccc1. The smallest absolute Gasteiger partial charge is 0.134 e. The summed E-state index contributed by atoms with van der Waals surface area (Å²) in [5.74, 6) is 0.854. The molecule has 1 heterocycles. The number of nitrogens with one attached hydrogen (secondary N) is 1. The molecule has 3 rings (SSSR count). The summed E-state index contributed by atoms with van der Waals surface area (Å²) in [4.78, 5) is 4.30. The molecule has 0 aliphatic carbocycles. The summed E-state index contributed by atoms with van der Waals surface area (Å²) in [6, 6.07) is 22.3. The number of halogens is 1. The fraction of sp³-hybridized carbons (Fsp3) is 0.150. The molecule has 0 saturated heterocycles. The van der Waals surface area contributed by atoms with Crippen LogP contribution in [-0.4, -0.2) is 4.98 Å². The number of hydrogen-bond acceptors (Lipinski definition) is 3. The molecular formula is C20H19BrN2O. The lowest BCUT2D eigenvalue weighted by atomic mass is 10.2. The first-order chi connectivity index (χ1) is 11.8. The van der Waals surface area contributed by atoms with Crippen molar-refractivity contribution < 1.29 is 4.74 Å². The molecule has 0 unspecified atom stereocenters. The average molecular weight is 383 g/mol. The van der Waals surface area contributed by atoms with Crippen molar-refractivity contribution in [1.29, 1.82) is 0 Å². The van der Waals surface area contributed by atoms with Gasteiger partial charge in [-0.1, -0.05) is 42.5 Å². The minimum Gasteiger partial charge on any atom is -0.488 e. The molecule has 2 aromatic carbocycles. The van der Waals surface area contributed by atoms with Crippen molar-refractivity contribution >= 4 is 15.9 Å². The molecule has 1 N–H and O–H groups in total. The molecule has 122 valence electrons. The van der Waals surface area contributed by atoms with Crippen molar-refractivity contribution in [2.75, 3.05) is 0 Å². The third-order valence-corrected chi connectivity index (χ3v) is 4.21. The highest BCUT2D eigenvalue weighted by molar-refractivity contribution is 9.10. The van der Waals surface area contributed by atoms with Gasteiger partial charge in [-0.15, -0.1) is 0 Å². The highest BCUT2D eigenvalue weighted by Crippen LogP contribution is 2.26. The van der Waals surface area contributed by atoms with Crippen LogP contribution in [0.5, 0.6) is 5.75 Å². The van der Waals surface area contributed by atoms with E-state index in [9.17, 15) is 0 Å². The van der Waals surface area contributed by atoms with Gasteiger partial charge in [-0.3, -0.25) is 4.98 Å². The van der Waals surface area contributed by atoms with E-state index in [-0.39, 0.29) is 0 Å². The van der Waals surface area contributed by atoms with Crippen LogP contribution >= 0.6 is 15.9 Å². The number of benzene rings is 2. The molecule has 0 fully saturated rings. The topological polar surface area (TPSA) is 34.2 Å². The Morgan fingerprint density at radius 1 is 0.875 bits per heavy atom. The number of aromatic nitrogens is 1. The second kappa shape index (κ2) is 8.62. The Bertz CT molecular complexity index is 763. The van der Waals surface area contributed by atoms with Crippen molar-refractivity contribution in [1.82, 2.24) is 10.3 Å². The maximum absolute atomic E-state index is 5.87. The van der Waals surface area contributed by atoms with E-state index in [4.69, 9.17) is 4.74 Å². The molecule has 0 bridgehead atoms. The van der Waals surface area contributed by atoms with Gasteiger partial charge in [0.15, 0.2) is 0 Å². The lowest BCUT2D eigenvalue weighted by Gasteiger charge is -2.10. The summed E-state index contributed by atoms with van der Waals surface area (Å²) in [6.07, 6.45) is 1.81. The molecular weight excluding hydrogens is 364 g/mol. The van der Waals surface area contributed by atoms with Crippen LogP contribution in [-0.2, 0) is 19.7 Å². The maximum atomic E-state index is 5.87. The van der Waals surface area contributed by atoms with Gasteiger partial charge in [-0.25, -0.2) is 0 Å². The highest BCUT2D eigenvalue weighted by Gasteiger charge is 2.04. The molecule has 1 aromatic heterocycles. The standard InChI is InChI=1S/C20H19BrN2O/c21-19-12-17(13-22-14-18-8-4-5-11-23-18)9-10-20(19)24-15-16-6-2-1-3-7-16/h1-12,22H,13-15H2. The molecule has 3 aromatic rings. The minimum atomic E-state index is 0.566. The summed E-state index contributed by atoms with van der Waals surface area (Å²) in [7, 11) is 0. The van der Waals surface area contributed by atoms with Crippen LogP contribution < -0.4 is 10.1 Å². The molecule has 0 aliphatic heterocycles. The quantitative estimate of drug-likeness (QED) is 0.642. The molecule has 0 radical (unpaired) electrons. The normalized spacial score (nSPS) is 10.5. The Balaban J connectivity index is 1.52. The zero-order chi connectivity index (χ0) is 16.6. The molecule has 0 spiro atoms. The molecule has 0 saturated carbocycles. The molecule has 0 aliphatic rings. The fourth-order valence-electron chi connectivity index (χ4n) is 2.34. The molecule has 0 amide bonds. The van der Waals surface area contributed by atoms with Crippen LogP contribution in [0.2, 0.25) is 0 Å². The number of nitrogens with zero attached hydrogens (tertiary/aromatic N) is 1. The Kier molecular flexibility index (Phi) is 5.99. The zero-order valence-corrected chi connectivity index (χ0v) is 14.9. The highest BCUT2D eigenvalue weighted by atomic mass is 79.9. The Morgan fingerprint density at radius 3 is 2.46 bits per heavy atom. The molecule has 3 nitrogen and oxygen atoms in total. The molecule has 24 heavy (non-hydrogen) atoms. The van der Waals surface area contributed by atoms with Gasteiger partial charge in [0.05, 0.1) is 10.2 Å². The van der Waals surface area contributed by atoms with Gasteiger partial charge in [0.25, 0.3) is 0 Å². The fourth-order valence-corrected chi connectivity index (χ4v) is 2.88. The summed E-state index contributed by atoms with van der Waals surface area (Å²) in [5.41, 5.74) is 3.40. The molecule has 4 heteroatoms. The minimum absolute atomic E-state index is 0.566. The monoisotopic (exact) mass is 382 g/mol. The van der Waals surface area contributed by atoms with Crippen LogP contribution in [0.4, 0.5) is 0 Å². The van der Waals surface area contributed by atoms with Crippen molar-refractivity contribution in [3.05, 3.63) is 94.2 Å². The van der Waals surface area contributed by atoms with Gasteiger partial charge < -0.3 is 10.1 Å². The van der Waals surface area contributed by atoms with E-state index in [1.165, 1.54) is 5.56 Å². The van der Waals surface area contributed by atoms with Crippen molar-refractivity contribution in [2.45, 2.75) is 19.7 Å². The van der Waals surface area contributed by atoms with E-state index in [1.807, 2.05) is 48.7 Å². The van der Waals surface area contributed by atoms with Gasteiger partial charge in [-0.2, -0.15) is 0 Å². The summed E-state index contributed by atoms with van der Waals surface area (Å²) in [5, 5.41) is 3.40. The lowest BCUT2D eigenvalue weighted by Crippen LogP contribution is -2.13. The van der Waals surface area contributed by atoms with Gasteiger partial charge in [-0.05, 0) is 51.3 Å². The van der Waals surface area contributed by atoms with Gasteiger partial charge in [0.2, 0.25) is 0 Å². The van der Waals surface area contributed by atoms with Crippen LogP contribution in [0.25, 0.3) is 0 Å². The first kappa shape index (κ1) is 16.7. The van der Waals surface area contributed by atoms with E-state index < -0.39 is 0 Å². The molecule has 0 atom stereocenters. The first-order valence-electron chi connectivity index (χ1n) is 7.87. The Morgan fingerprint density at radius 2 is 1.71 bits per heavy atom. The second-order valence-electron chi connectivity index (χ2n) is 5.46. The number of rotatable bonds is 7. The largest absolute Gasteiger partial charge is 0.488 e. The van der Waals surface area contributed by atoms with Crippen LogP contribution in [0.1, 0.15) is 16.8 Å². The van der Waals surface area contributed by atoms with Crippen molar-refractivity contribution in [3.63, 3.8) is 0 Å². The van der Waals surface area contributed by atoms with Gasteiger partial charge in [0, 0.05) is 19.3 Å². The summed E-state index contributed by atoms with van der Waals surface area (Å²) >= 11 is 3.59. The lowest BCUT2D eigenvalue weighted by molar-refractivity contribution is 0.304. The van der Waals surface area contributed by atoms with Gasteiger partial charge in [0.1, 0.15) is 12.4 Å². The maximum Gasteiger partial charge on any atom is 0.134 e. The zero-order valence-electron chi connectivity index (χ0n) is 13.3. The van der Waals surface area contributed by atoms with E-state index in [1.54, 1.807) is 0 Å². The predicted octanol–water partition coefficient (Wildman–Crippen LogP) is 4.71. The predicted molar refractivity (Wildman–Crippen MR) is 99.7 cm³/mol.